The Labute approximate surface area is 94.6 Å². The summed E-state index contributed by atoms with van der Waals surface area (Å²) in [6.45, 7) is 12.2. The summed E-state index contributed by atoms with van der Waals surface area (Å²) in [7, 11) is 2.20. The van der Waals surface area contributed by atoms with Crippen LogP contribution in [-0.4, -0.2) is 55.1 Å². The smallest absolute Gasteiger partial charge is 0.0470 e. The van der Waals surface area contributed by atoms with Gasteiger partial charge in [0.2, 0.25) is 0 Å². The summed E-state index contributed by atoms with van der Waals surface area (Å²) in [5.74, 6) is 0.722. The van der Waals surface area contributed by atoms with Gasteiger partial charge in [0.25, 0.3) is 0 Å². The third-order valence-corrected chi connectivity index (χ3v) is 3.54. The number of likely N-dealkylation sites (N-methyl/N-ethyl adjacent to an activating group) is 2. The van der Waals surface area contributed by atoms with Crippen molar-refractivity contribution in [3.63, 3.8) is 0 Å². The van der Waals surface area contributed by atoms with E-state index < -0.39 is 0 Å². The molecule has 1 atom stereocenters. The van der Waals surface area contributed by atoms with Gasteiger partial charge < -0.3 is 10.6 Å². The fraction of sp³-hybridized carbons (Fsp3) is 1.00. The Balaban J connectivity index is 2.69. The number of hydrogen-bond donors (Lipinski definition) is 1. The van der Waals surface area contributed by atoms with Crippen LogP contribution in [0.5, 0.6) is 0 Å². The van der Waals surface area contributed by atoms with E-state index in [0.29, 0.717) is 0 Å². The van der Waals surface area contributed by atoms with Crippen molar-refractivity contribution in [2.24, 2.45) is 11.7 Å². The topological polar surface area (TPSA) is 32.5 Å². The normalized spacial score (nSPS) is 28.2. The first kappa shape index (κ1) is 12.9. The molecule has 1 heterocycles. The minimum Gasteiger partial charge on any atom is -0.329 e. The Morgan fingerprint density at radius 1 is 1.47 bits per heavy atom. The van der Waals surface area contributed by atoms with Crippen molar-refractivity contribution >= 4 is 0 Å². The van der Waals surface area contributed by atoms with E-state index in [2.05, 4.69) is 37.6 Å². The molecule has 15 heavy (non-hydrogen) atoms. The number of likely N-dealkylation sites (tertiary alicyclic amines) is 1. The van der Waals surface area contributed by atoms with E-state index >= 15 is 0 Å². The standard InChI is InChI=1S/C12H27N3/c1-5-15(8-11(2)3)12(9-13)6-7-14(4)10-12/h11H,5-10,13H2,1-4H3. The zero-order valence-electron chi connectivity index (χ0n) is 10.8. The van der Waals surface area contributed by atoms with E-state index in [1.807, 2.05) is 0 Å². The van der Waals surface area contributed by atoms with Gasteiger partial charge in [-0.2, -0.15) is 0 Å². The second kappa shape index (κ2) is 5.28. The maximum absolute atomic E-state index is 6.01. The molecule has 3 nitrogen and oxygen atoms in total. The average molecular weight is 213 g/mol. The van der Waals surface area contributed by atoms with Crippen molar-refractivity contribution < 1.29 is 0 Å². The first-order valence-corrected chi connectivity index (χ1v) is 6.17. The van der Waals surface area contributed by atoms with Crippen LogP contribution < -0.4 is 5.73 Å². The molecule has 0 aromatic carbocycles. The van der Waals surface area contributed by atoms with Crippen molar-refractivity contribution in [3.8, 4) is 0 Å². The predicted octanol–water partition coefficient (Wildman–Crippen LogP) is 0.997. The number of nitrogens with zero attached hydrogens (tertiary/aromatic N) is 2. The Hall–Kier alpha value is -0.120. The SMILES string of the molecule is CCN(CC(C)C)C1(CN)CCN(C)C1. The second-order valence-electron chi connectivity index (χ2n) is 5.35. The van der Waals surface area contributed by atoms with E-state index in [0.717, 1.165) is 25.6 Å². The second-order valence-corrected chi connectivity index (χ2v) is 5.35. The molecule has 90 valence electrons. The Kier molecular flexibility index (Phi) is 4.56. The summed E-state index contributed by atoms with van der Waals surface area (Å²) >= 11 is 0. The van der Waals surface area contributed by atoms with Crippen LogP contribution in [0.3, 0.4) is 0 Å². The number of nitrogens with two attached hydrogens (primary N) is 1. The van der Waals surface area contributed by atoms with Crippen LogP contribution in [0.15, 0.2) is 0 Å². The zero-order chi connectivity index (χ0) is 11.5. The van der Waals surface area contributed by atoms with E-state index in [-0.39, 0.29) is 5.54 Å². The molecule has 0 spiro atoms. The summed E-state index contributed by atoms with van der Waals surface area (Å²) in [5, 5.41) is 0. The van der Waals surface area contributed by atoms with Crippen LogP contribution in [0.25, 0.3) is 0 Å². The molecule has 1 saturated heterocycles. The van der Waals surface area contributed by atoms with E-state index in [1.165, 1.54) is 19.5 Å². The molecule has 0 bridgehead atoms. The van der Waals surface area contributed by atoms with Gasteiger partial charge in [-0.1, -0.05) is 20.8 Å². The molecule has 0 aliphatic carbocycles. The number of rotatable bonds is 5. The average Bonchev–Trinajstić information content (AvgIpc) is 2.57. The molecule has 0 radical (unpaired) electrons. The highest BCUT2D eigenvalue weighted by molar-refractivity contribution is 4.99. The molecular weight excluding hydrogens is 186 g/mol. The fourth-order valence-corrected chi connectivity index (χ4v) is 2.71. The lowest BCUT2D eigenvalue weighted by Gasteiger charge is -2.41. The zero-order valence-corrected chi connectivity index (χ0v) is 10.8. The molecule has 1 fully saturated rings. The van der Waals surface area contributed by atoms with Gasteiger partial charge in [-0.05, 0) is 32.5 Å². The highest BCUT2D eigenvalue weighted by Gasteiger charge is 2.40. The Bertz CT molecular complexity index is 193. The summed E-state index contributed by atoms with van der Waals surface area (Å²) in [6, 6.07) is 0. The van der Waals surface area contributed by atoms with Crippen molar-refractivity contribution in [1.29, 1.82) is 0 Å². The van der Waals surface area contributed by atoms with Crippen molar-refractivity contribution in [2.45, 2.75) is 32.7 Å². The van der Waals surface area contributed by atoms with Gasteiger partial charge in [-0.3, -0.25) is 4.90 Å². The molecule has 0 aromatic rings. The molecule has 1 aliphatic heterocycles. The monoisotopic (exact) mass is 213 g/mol. The van der Waals surface area contributed by atoms with Crippen molar-refractivity contribution in [1.82, 2.24) is 9.80 Å². The molecule has 0 aromatic heterocycles. The number of hydrogen-bond acceptors (Lipinski definition) is 3. The lowest BCUT2D eigenvalue weighted by atomic mass is 9.95. The van der Waals surface area contributed by atoms with Gasteiger partial charge in [0.15, 0.2) is 0 Å². The summed E-state index contributed by atoms with van der Waals surface area (Å²) in [6.07, 6.45) is 1.22. The molecule has 1 aliphatic rings. The van der Waals surface area contributed by atoms with Gasteiger partial charge in [0.1, 0.15) is 0 Å². The minimum absolute atomic E-state index is 0.244. The van der Waals surface area contributed by atoms with Crippen LogP contribution in [0, 0.1) is 5.92 Å². The highest BCUT2D eigenvalue weighted by Crippen LogP contribution is 2.26. The third-order valence-electron chi connectivity index (χ3n) is 3.54. The quantitative estimate of drug-likeness (QED) is 0.739. The largest absolute Gasteiger partial charge is 0.329 e. The molecule has 1 unspecified atom stereocenters. The molecular formula is C12H27N3. The van der Waals surface area contributed by atoms with E-state index in [1.54, 1.807) is 0 Å². The molecule has 3 heteroatoms. The molecule has 2 N–H and O–H groups in total. The molecule has 0 amide bonds. The Morgan fingerprint density at radius 3 is 2.47 bits per heavy atom. The van der Waals surface area contributed by atoms with Gasteiger partial charge in [0, 0.05) is 25.2 Å². The summed E-state index contributed by atoms with van der Waals surface area (Å²) < 4.78 is 0. The Morgan fingerprint density at radius 2 is 2.13 bits per heavy atom. The first-order valence-electron chi connectivity index (χ1n) is 6.17. The maximum Gasteiger partial charge on any atom is 0.0470 e. The van der Waals surface area contributed by atoms with E-state index in [4.69, 9.17) is 5.73 Å². The lowest BCUT2D eigenvalue weighted by Crippen LogP contribution is -2.56. The fourth-order valence-electron chi connectivity index (χ4n) is 2.71. The van der Waals surface area contributed by atoms with Crippen LogP contribution in [-0.2, 0) is 0 Å². The van der Waals surface area contributed by atoms with Crippen molar-refractivity contribution in [3.05, 3.63) is 0 Å². The summed E-state index contributed by atoms with van der Waals surface area (Å²) in [4.78, 5) is 4.98. The van der Waals surface area contributed by atoms with E-state index in [9.17, 15) is 0 Å². The maximum atomic E-state index is 6.01. The van der Waals surface area contributed by atoms with Crippen LogP contribution >= 0.6 is 0 Å². The van der Waals surface area contributed by atoms with Gasteiger partial charge >= 0.3 is 0 Å². The lowest BCUT2D eigenvalue weighted by molar-refractivity contribution is 0.0941. The van der Waals surface area contributed by atoms with Gasteiger partial charge in [-0.15, -0.1) is 0 Å². The highest BCUT2D eigenvalue weighted by atomic mass is 15.3. The summed E-state index contributed by atoms with van der Waals surface area (Å²) in [5.41, 5.74) is 6.26. The first-order chi connectivity index (χ1) is 7.04. The third kappa shape index (κ3) is 2.92. The van der Waals surface area contributed by atoms with Gasteiger partial charge in [0.05, 0.1) is 0 Å². The van der Waals surface area contributed by atoms with Crippen LogP contribution in [0.1, 0.15) is 27.2 Å². The molecule has 1 rings (SSSR count). The van der Waals surface area contributed by atoms with Gasteiger partial charge in [-0.25, -0.2) is 0 Å². The molecule has 0 saturated carbocycles. The van der Waals surface area contributed by atoms with Crippen LogP contribution in [0.2, 0.25) is 0 Å². The van der Waals surface area contributed by atoms with Crippen LogP contribution in [0.4, 0.5) is 0 Å². The predicted molar refractivity (Wildman–Crippen MR) is 66.0 cm³/mol. The van der Waals surface area contributed by atoms with Crippen molar-refractivity contribution in [2.75, 3.05) is 39.8 Å². The minimum atomic E-state index is 0.244.